The molecule has 1 aromatic carbocycles. The van der Waals surface area contributed by atoms with Crippen molar-refractivity contribution in [2.45, 2.75) is 31.7 Å². The minimum absolute atomic E-state index is 0.0222. The largest absolute Gasteiger partial charge is 0.491 e. The molecule has 1 aromatic heterocycles. The Morgan fingerprint density at radius 3 is 2.79 bits per heavy atom. The Balaban J connectivity index is 1.77. The fraction of sp³-hybridized carbons (Fsp3) is 0.444. The summed E-state index contributed by atoms with van der Waals surface area (Å²) in [6.07, 6.45) is 6.85. The van der Waals surface area contributed by atoms with Gasteiger partial charge in [0.15, 0.2) is 0 Å². The molecule has 0 unspecified atom stereocenters. The molecule has 0 amide bonds. The predicted molar refractivity (Wildman–Crippen MR) is 88.9 cm³/mol. The molecule has 0 saturated heterocycles. The lowest BCUT2D eigenvalue weighted by atomic mass is 9.86. The third-order valence-corrected chi connectivity index (χ3v) is 4.56. The van der Waals surface area contributed by atoms with Gasteiger partial charge in [0.1, 0.15) is 18.2 Å². The second kappa shape index (κ2) is 7.49. The molecule has 0 atom stereocenters. The molecule has 1 heterocycles. The van der Waals surface area contributed by atoms with E-state index in [1.165, 1.54) is 0 Å². The Bertz CT molecular complexity index is 690. The molecule has 0 bridgehead atoms. The summed E-state index contributed by atoms with van der Waals surface area (Å²) in [6.45, 7) is 0.239. The van der Waals surface area contributed by atoms with Crippen molar-refractivity contribution in [2.75, 3.05) is 13.2 Å². The molecule has 0 radical (unpaired) electrons. The van der Waals surface area contributed by atoms with Gasteiger partial charge in [0, 0.05) is 24.0 Å². The van der Waals surface area contributed by atoms with E-state index in [0.29, 0.717) is 18.6 Å². The summed E-state index contributed by atoms with van der Waals surface area (Å²) in [7, 11) is 0. The van der Waals surface area contributed by atoms with Crippen LogP contribution < -0.4 is 4.74 Å². The van der Waals surface area contributed by atoms with E-state index in [0.717, 1.165) is 24.2 Å². The minimum Gasteiger partial charge on any atom is -0.491 e. The zero-order chi connectivity index (χ0) is 16.9. The van der Waals surface area contributed by atoms with Crippen molar-refractivity contribution in [3.63, 3.8) is 0 Å². The molecule has 6 nitrogen and oxygen atoms in total. The second-order valence-corrected chi connectivity index (χ2v) is 6.10. The highest BCUT2D eigenvalue weighted by molar-refractivity contribution is 5.70. The van der Waals surface area contributed by atoms with Crippen LogP contribution >= 0.6 is 0 Å². The molecule has 0 spiro atoms. The number of ether oxygens (including phenoxy) is 1. The van der Waals surface area contributed by atoms with E-state index < -0.39 is 5.97 Å². The summed E-state index contributed by atoms with van der Waals surface area (Å²) in [5, 5.41) is 18.0. The Labute approximate surface area is 140 Å². The first-order valence-corrected chi connectivity index (χ1v) is 8.28. The zero-order valence-electron chi connectivity index (χ0n) is 13.5. The van der Waals surface area contributed by atoms with Crippen molar-refractivity contribution in [1.82, 2.24) is 9.55 Å². The third kappa shape index (κ3) is 3.59. The Hall–Kier alpha value is -2.34. The predicted octanol–water partition coefficient (Wildman–Crippen LogP) is 2.74. The highest BCUT2D eigenvalue weighted by atomic mass is 16.5. The molecule has 128 valence electrons. The van der Waals surface area contributed by atoms with Gasteiger partial charge in [-0.15, -0.1) is 0 Å². The van der Waals surface area contributed by atoms with Gasteiger partial charge in [-0.1, -0.05) is 12.1 Å². The van der Waals surface area contributed by atoms with Gasteiger partial charge in [-0.25, -0.2) is 4.98 Å². The van der Waals surface area contributed by atoms with Crippen LogP contribution in [0.4, 0.5) is 0 Å². The molecule has 2 aromatic rings. The van der Waals surface area contributed by atoms with E-state index in [2.05, 4.69) is 9.55 Å². The van der Waals surface area contributed by atoms with Crippen LogP contribution in [0.15, 0.2) is 36.7 Å². The lowest BCUT2D eigenvalue weighted by Gasteiger charge is -2.28. The number of hydrogen-bond donors (Lipinski definition) is 2. The fourth-order valence-corrected chi connectivity index (χ4v) is 3.32. The third-order valence-electron chi connectivity index (χ3n) is 4.56. The molecular weight excluding hydrogens is 308 g/mol. The van der Waals surface area contributed by atoms with Crippen molar-refractivity contribution >= 4 is 5.97 Å². The Morgan fingerprint density at radius 1 is 1.29 bits per heavy atom. The maximum Gasteiger partial charge on any atom is 0.306 e. The number of aromatic nitrogens is 2. The van der Waals surface area contributed by atoms with Crippen LogP contribution in [0.1, 0.15) is 31.7 Å². The standard InChI is InChI=1S/C18H22N2O4/c21-10-11-24-16-3-1-2-14(12-16)17-19-8-9-20(17)15-6-4-13(5-7-15)18(22)23/h1-3,8-9,12-13,15,21H,4-7,10-11H2,(H,22,23). The van der Waals surface area contributed by atoms with Gasteiger partial charge in [0.25, 0.3) is 0 Å². The number of rotatable bonds is 6. The van der Waals surface area contributed by atoms with Gasteiger partial charge < -0.3 is 19.5 Å². The molecule has 1 saturated carbocycles. The van der Waals surface area contributed by atoms with Gasteiger partial charge in [-0.3, -0.25) is 4.79 Å². The number of carboxylic acids is 1. The number of benzene rings is 1. The topological polar surface area (TPSA) is 84.6 Å². The first-order chi connectivity index (χ1) is 11.7. The summed E-state index contributed by atoms with van der Waals surface area (Å²) in [5.41, 5.74) is 0.954. The van der Waals surface area contributed by atoms with E-state index in [1.54, 1.807) is 6.20 Å². The molecule has 0 aliphatic heterocycles. The van der Waals surface area contributed by atoms with Crippen molar-refractivity contribution in [2.24, 2.45) is 5.92 Å². The Morgan fingerprint density at radius 2 is 2.08 bits per heavy atom. The average Bonchev–Trinajstić information content (AvgIpc) is 3.10. The maximum absolute atomic E-state index is 11.1. The molecule has 1 aliphatic rings. The summed E-state index contributed by atoms with van der Waals surface area (Å²) in [4.78, 5) is 15.6. The van der Waals surface area contributed by atoms with E-state index >= 15 is 0 Å². The molecule has 6 heteroatoms. The number of nitrogens with zero attached hydrogens (tertiary/aromatic N) is 2. The summed E-state index contributed by atoms with van der Waals surface area (Å²) in [5.74, 6) is 0.658. The van der Waals surface area contributed by atoms with Crippen molar-refractivity contribution < 1.29 is 19.7 Å². The van der Waals surface area contributed by atoms with E-state index in [4.69, 9.17) is 14.9 Å². The van der Waals surface area contributed by atoms with Crippen molar-refractivity contribution in [3.8, 4) is 17.1 Å². The first kappa shape index (κ1) is 16.5. The normalized spacial score (nSPS) is 20.7. The summed E-state index contributed by atoms with van der Waals surface area (Å²) < 4.78 is 7.61. The highest BCUT2D eigenvalue weighted by Gasteiger charge is 2.27. The van der Waals surface area contributed by atoms with E-state index in [-0.39, 0.29) is 25.2 Å². The van der Waals surface area contributed by atoms with Gasteiger partial charge in [0.05, 0.1) is 12.5 Å². The molecule has 24 heavy (non-hydrogen) atoms. The lowest BCUT2D eigenvalue weighted by molar-refractivity contribution is -0.143. The number of hydrogen-bond acceptors (Lipinski definition) is 4. The zero-order valence-corrected chi connectivity index (χ0v) is 13.5. The average molecular weight is 330 g/mol. The summed E-state index contributed by atoms with van der Waals surface area (Å²) >= 11 is 0. The first-order valence-electron chi connectivity index (χ1n) is 8.28. The van der Waals surface area contributed by atoms with Crippen LogP contribution in [-0.2, 0) is 4.79 Å². The van der Waals surface area contributed by atoms with Crippen LogP contribution in [0, 0.1) is 5.92 Å². The number of imidazole rings is 1. The number of aliphatic hydroxyl groups excluding tert-OH is 1. The molecule has 2 N–H and O–H groups in total. The molecule has 1 aliphatic carbocycles. The van der Waals surface area contributed by atoms with Gasteiger partial charge in [-0.05, 0) is 37.8 Å². The van der Waals surface area contributed by atoms with Crippen LogP contribution in [0.25, 0.3) is 11.4 Å². The molecular formula is C18H22N2O4. The van der Waals surface area contributed by atoms with Crippen LogP contribution in [-0.4, -0.2) is 38.9 Å². The number of aliphatic hydroxyl groups is 1. The lowest BCUT2D eigenvalue weighted by Crippen LogP contribution is -2.23. The van der Waals surface area contributed by atoms with Gasteiger partial charge >= 0.3 is 5.97 Å². The molecule has 1 fully saturated rings. The quantitative estimate of drug-likeness (QED) is 0.851. The van der Waals surface area contributed by atoms with Crippen LogP contribution in [0.3, 0.4) is 0 Å². The van der Waals surface area contributed by atoms with E-state index in [1.807, 2.05) is 30.5 Å². The fourth-order valence-electron chi connectivity index (χ4n) is 3.32. The molecule has 3 rings (SSSR count). The maximum atomic E-state index is 11.1. The smallest absolute Gasteiger partial charge is 0.306 e. The van der Waals surface area contributed by atoms with Crippen LogP contribution in [0.5, 0.6) is 5.75 Å². The van der Waals surface area contributed by atoms with Gasteiger partial charge in [0.2, 0.25) is 0 Å². The Kier molecular flexibility index (Phi) is 5.15. The van der Waals surface area contributed by atoms with Crippen molar-refractivity contribution in [3.05, 3.63) is 36.7 Å². The number of carbonyl (C=O) groups is 1. The van der Waals surface area contributed by atoms with E-state index in [9.17, 15) is 4.79 Å². The minimum atomic E-state index is -0.687. The summed E-state index contributed by atoms with van der Waals surface area (Å²) in [6, 6.07) is 7.93. The monoisotopic (exact) mass is 330 g/mol. The SMILES string of the molecule is O=C(O)C1CCC(n2ccnc2-c2cccc(OCCO)c2)CC1. The number of carboxylic acid groups (broad SMARTS) is 1. The second-order valence-electron chi connectivity index (χ2n) is 6.10. The van der Waals surface area contributed by atoms with Crippen molar-refractivity contribution in [1.29, 1.82) is 0 Å². The van der Waals surface area contributed by atoms with Gasteiger partial charge in [-0.2, -0.15) is 0 Å². The van der Waals surface area contributed by atoms with Crippen LogP contribution in [0.2, 0.25) is 0 Å². The highest BCUT2D eigenvalue weighted by Crippen LogP contribution is 2.35. The number of aliphatic carboxylic acids is 1.